The Kier molecular flexibility index (Phi) is 14.2. The highest BCUT2D eigenvalue weighted by Gasteiger charge is 2.12. The van der Waals surface area contributed by atoms with Crippen molar-refractivity contribution < 1.29 is 0 Å². The molecule has 0 aromatic heterocycles. The van der Waals surface area contributed by atoms with Gasteiger partial charge in [0, 0.05) is 46.3 Å². The Balaban J connectivity index is 0.00000484. The van der Waals surface area contributed by atoms with E-state index in [2.05, 4.69) is 46.3 Å². The summed E-state index contributed by atoms with van der Waals surface area (Å²) in [5.74, 6) is 1.70. The molecule has 0 radical (unpaired) electrons. The van der Waals surface area contributed by atoms with Crippen LogP contribution in [0.25, 0.3) is 0 Å². The third-order valence-electron chi connectivity index (χ3n) is 4.73. The first kappa shape index (κ1) is 22.9. The van der Waals surface area contributed by atoms with E-state index in [9.17, 15) is 0 Å². The number of guanidine groups is 1. The predicted molar refractivity (Wildman–Crippen MR) is 112 cm³/mol. The number of aliphatic imine (C=N–C) groups is 1. The van der Waals surface area contributed by atoms with Crippen molar-refractivity contribution in [3.8, 4) is 0 Å². The highest BCUT2D eigenvalue weighted by molar-refractivity contribution is 14.0. The van der Waals surface area contributed by atoms with Crippen LogP contribution in [0, 0.1) is 5.92 Å². The molecule has 1 saturated heterocycles. The number of hydrogen-bond donors (Lipinski definition) is 2. The molecule has 138 valence electrons. The largest absolute Gasteiger partial charge is 0.356 e. The van der Waals surface area contributed by atoms with Crippen LogP contribution in [-0.4, -0.2) is 75.7 Å². The van der Waals surface area contributed by atoms with Crippen LogP contribution in [0.1, 0.15) is 39.5 Å². The van der Waals surface area contributed by atoms with Gasteiger partial charge in [-0.3, -0.25) is 4.99 Å². The van der Waals surface area contributed by atoms with Crippen LogP contribution in [0.3, 0.4) is 0 Å². The van der Waals surface area contributed by atoms with Crippen molar-refractivity contribution in [2.75, 3.05) is 59.9 Å². The van der Waals surface area contributed by atoms with Gasteiger partial charge in [-0.1, -0.05) is 26.7 Å². The van der Waals surface area contributed by atoms with Gasteiger partial charge in [0.2, 0.25) is 0 Å². The molecule has 1 aliphatic heterocycles. The first-order valence-electron chi connectivity index (χ1n) is 9.05. The van der Waals surface area contributed by atoms with Crippen LogP contribution in [0.5, 0.6) is 0 Å². The highest BCUT2D eigenvalue weighted by Crippen LogP contribution is 2.05. The average Bonchev–Trinajstić information content (AvgIpc) is 2.55. The van der Waals surface area contributed by atoms with Gasteiger partial charge in [0.05, 0.1) is 0 Å². The summed E-state index contributed by atoms with van der Waals surface area (Å²) in [6.45, 7) is 12.6. The number of likely N-dealkylation sites (N-methyl/N-ethyl adjacent to an activating group) is 1. The SMILES string of the molecule is CCC(CC)CNC(=NC)NCCCCN1CCN(C)CC1.I. The lowest BCUT2D eigenvalue weighted by atomic mass is 10.0. The van der Waals surface area contributed by atoms with Crippen LogP contribution >= 0.6 is 24.0 Å². The van der Waals surface area contributed by atoms with Crippen LogP contribution in [0.4, 0.5) is 0 Å². The molecular formula is C17H38IN5. The highest BCUT2D eigenvalue weighted by atomic mass is 127. The fraction of sp³-hybridized carbons (Fsp3) is 0.941. The summed E-state index contributed by atoms with van der Waals surface area (Å²) < 4.78 is 0. The van der Waals surface area contributed by atoms with Crippen molar-refractivity contribution in [2.24, 2.45) is 10.9 Å². The molecule has 0 aromatic carbocycles. The lowest BCUT2D eigenvalue weighted by Crippen LogP contribution is -2.44. The van der Waals surface area contributed by atoms with Gasteiger partial charge in [0.25, 0.3) is 0 Å². The molecular weight excluding hydrogens is 401 g/mol. The van der Waals surface area contributed by atoms with E-state index in [4.69, 9.17) is 0 Å². The first-order chi connectivity index (χ1) is 10.7. The van der Waals surface area contributed by atoms with E-state index in [1.54, 1.807) is 0 Å². The molecule has 0 spiro atoms. The molecule has 0 atom stereocenters. The van der Waals surface area contributed by atoms with Crippen LogP contribution in [0.15, 0.2) is 4.99 Å². The minimum atomic E-state index is 0. The smallest absolute Gasteiger partial charge is 0.190 e. The maximum atomic E-state index is 4.30. The van der Waals surface area contributed by atoms with Gasteiger partial charge in [-0.05, 0) is 32.4 Å². The van der Waals surface area contributed by atoms with Crippen molar-refractivity contribution in [1.29, 1.82) is 0 Å². The van der Waals surface area contributed by atoms with E-state index >= 15 is 0 Å². The van der Waals surface area contributed by atoms with E-state index in [0.29, 0.717) is 0 Å². The zero-order valence-electron chi connectivity index (χ0n) is 15.6. The van der Waals surface area contributed by atoms with E-state index in [-0.39, 0.29) is 24.0 Å². The maximum absolute atomic E-state index is 4.30. The lowest BCUT2D eigenvalue weighted by Gasteiger charge is -2.32. The zero-order valence-corrected chi connectivity index (χ0v) is 17.9. The quantitative estimate of drug-likeness (QED) is 0.250. The normalized spacial score (nSPS) is 17.2. The van der Waals surface area contributed by atoms with Gasteiger partial charge < -0.3 is 20.4 Å². The van der Waals surface area contributed by atoms with Crippen LogP contribution in [-0.2, 0) is 0 Å². The van der Waals surface area contributed by atoms with Crippen molar-refractivity contribution >= 4 is 29.9 Å². The minimum Gasteiger partial charge on any atom is -0.356 e. The fourth-order valence-electron chi connectivity index (χ4n) is 2.78. The molecule has 0 bridgehead atoms. The van der Waals surface area contributed by atoms with Gasteiger partial charge in [0.15, 0.2) is 5.96 Å². The maximum Gasteiger partial charge on any atom is 0.190 e. The second-order valence-electron chi connectivity index (χ2n) is 6.41. The minimum absolute atomic E-state index is 0. The van der Waals surface area contributed by atoms with E-state index < -0.39 is 0 Å². The van der Waals surface area contributed by atoms with Crippen molar-refractivity contribution in [3.63, 3.8) is 0 Å². The second-order valence-corrected chi connectivity index (χ2v) is 6.41. The summed E-state index contributed by atoms with van der Waals surface area (Å²) in [5.41, 5.74) is 0. The molecule has 23 heavy (non-hydrogen) atoms. The molecule has 0 aliphatic carbocycles. The Morgan fingerprint density at radius 3 is 2.26 bits per heavy atom. The number of nitrogens with one attached hydrogen (secondary N) is 2. The third-order valence-corrected chi connectivity index (χ3v) is 4.73. The molecule has 0 saturated carbocycles. The molecule has 1 heterocycles. The van der Waals surface area contributed by atoms with E-state index in [1.807, 2.05) is 7.05 Å². The molecule has 0 aromatic rings. The summed E-state index contributed by atoms with van der Waals surface area (Å²) in [6, 6.07) is 0. The van der Waals surface area contributed by atoms with Gasteiger partial charge >= 0.3 is 0 Å². The molecule has 1 fully saturated rings. The monoisotopic (exact) mass is 439 g/mol. The summed E-state index contributed by atoms with van der Waals surface area (Å²) in [6.07, 6.45) is 4.93. The van der Waals surface area contributed by atoms with Crippen molar-refractivity contribution in [1.82, 2.24) is 20.4 Å². The first-order valence-corrected chi connectivity index (χ1v) is 9.05. The Morgan fingerprint density at radius 2 is 1.70 bits per heavy atom. The van der Waals surface area contributed by atoms with Crippen molar-refractivity contribution in [2.45, 2.75) is 39.5 Å². The van der Waals surface area contributed by atoms with Gasteiger partial charge in [-0.25, -0.2) is 0 Å². The second kappa shape index (κ2) is 14.3. The number of hydrogen-bond acceptors (Lipinski definition) is 3. The molecule has 1 aliphatic rings. The molecule has 5 nitrogen and oxygen atoms in total. The number of unbranched alkanes of at least 4 members (excludes halogenated alkanes) is 1. The Hall–Kier alpha value is -0.0800. The molecule has 6 heteroatoms. The Labute approximate surface area is 160 Å². The summed E-state index contributed by atoms with van der Waals surface area (Å²) >= 11 is 0. The van der Waals surface area contributed by atoms with Gasteiger partial charge in [0.1, 0.15) is 0 Å². The summed E-state index contributed by atoms with van der Waals surface area (Å²) in [4.78, 5) is 9.30. The van der Waals surface area contributed by atoms with Gasteiger partial charge in [-0.2, -0.15) is 0 Å². The fourth-order valence-corrected chi connectivity index (χ4v) is 2.78. The molecule has 0 amide bonds. The summed E-state index contributed by atoms with van der Waals surface area (Å²) in [7, 11) is 4.06. The molecule has 1 rings (SSSR count). The number of nitrogens with zero attached hydrogens (tertiary/aromatic N) is 3. The van der Waals surface area contributed by atoms with E-state index in [1.165, 1.54) is 58.4 Å². The molecule has 2 N–H and O–H groups in total. The number of piperazine rings is 1. The predicted octanol–water partition coefficient (Wildman–Crippen LogP) is 2.23. The Bertz CT molecular complexity index is 299. The standard InChI is InChI=1S/C17H37N5.HI/c1-5-16(6-2)15-20-17(18-3)19-9-7-8-10-22-13-11-21(4)12-14-22;/h16H,5-15H2,1-4H3,(H2,18,19,20);1H. The third kappa shape index (κ3) is 10.4. The zero-order chi connectivity index (χ0) is 16.2. The number of halogens is 1. The summed E-state index contributed by atoms with van der Waals surface area (Å²) in [5, 5.41) is 6.87. The topological polar surface area (TPSA) is 42.9 Å². The lowest BCUT2D eigenvalue weighted by molar-refractivity contribution is 0.152. The average molecular weight is 439 g/mol. The molecule has 0 unspecified atom stereocenters. The Morgan fingerprint density at radius 1 is 1.04 bits per heavy atom. The number of rotatable bonds is 9. The van der Waals surface area contributed by atoms with Crippen LogP contribution < -0.4 is 10.6 Å². The van der Waals surface area contributed by atoms with Gasteiger partial charge in [-0.15, -0.1) is 24.0 Å². The van der Waals surface area contributed by atoms with Crippen molar-refractivity contribution in [3.05, 3.63) is 0 Å². The van der Waals surface area contributed by atoms with Crippen LogP contribution in [0.2, 0.25) is 0 Å². The van der Waals surface area contributed by atoms with E-state index in [0.717, 1.165) is 25.0 Å².